The van der Waals surface area contributed by atoms with Crippen LogP contribution in [0.5, 0.6) is 0 Å². The highest BCUT2D eigenvalue weighted by Crippen LogP contribution is 2.16. The minimum absolute atomic E-state index is 0.0960. The van der Waals surface area contributed by atoms with Gasteiger partial charge in [-0.15, -0.1) is 0 Å². The van der Waals surface area contributed by atoms with Crippen LogP contribution in [0.1, 0.15) is 303 Å². The van der Waals surface area contributed by atoms with Crippen molar-refractivity contribution in [2.75, 3.05) is 13.2 Å². The topological polar surface area (TPSA) is 78.9 Å². The summed E-state index contributed by atoms with van der Waals surface area (Å²) in [6.07, 6.45) is 92.3. The van der Waals surface area contributed by atoms with Gasteiger partial charge in [0.1, 0.15) is 13.2 Å². The molecule has 0 aliphatic heterocycles. The van der Waals surface area contributed by atoms with Crippen molar-refractivity contribution in [3.63, 3.8) is 0 Å². The highest BCUT2D eigenvalue weighted by Gasteiger charge is 2.19. The predicted octanol–water partition coefficient (Wildman–Crippen LogP) is 22.8. The van der Waals surface area contributed by atoms with Gasteiger partial charge in [0, 0.05) is 19.3 Å². The minimum atomic E-state index is -0.803. The lowest BCUT2D eigenvalue weighted by molar-refractivity contribution is -0.167. The summed E-state index contributed by atoms with van der Waals surface area (Å²) < 4.78 is 16.8. The highest BCUT2D eigenvalue weighted by molar-refractivity contribution is 5.71. The molecule has 6 heteroatoms. The molecular weight excluding hydrogens is 973 g/mol. The zero-order valence-corrected chi connectivity index (χ0v) is 51.6. The second-order valence-corrected chi connectivity index (χ2v) is 21.6. The smallest absolute Gasteiger partial charge is 0.306 e. The molecule has 0 heterocycles. The average Bonchev–Trinajstić information content (AvgIpc) is 3.45. The summed E-state index contributed by atoms with van der Waals surface area (Å²) in [4.78, 5) is 38.2. The molecule has 0 radical (unpaired) electrons. The monoisotopic (exact) mass is 1090 g/mol. The number of carbonyl (C=O) groups excluding carboxylic acids is 3. The SMILES string of the molecule is CC/C=C\C/C=C\C/C=C\C/C=C\C/C=C\C/C=C\C/C=C\C/C=C\C/C=C\CCCC(=O)OCC(COC(=O)CCCCCCCCCCC)OC(=O)CCCCCCCCCCCCC/C=C\CCCCCCCCCC. The third-order valence-electron chi connectivity index (χ3n) is 14.0. The summed E-state index contributed by atoms with van der Waals surface area (Å²) in [5, 5.41) is 0. The number of hydrogen-bond donors (Lipinski definition) is 0. The van der Waals surface area contributed by atoms with E-state index in [1.165, 1.54) is 154 Å². The van der Waals surface area contributed by atoms with E-state index in [-0.39, 0.29) is 37.5 Å². The molecule has 0 bridgehead atoms. The van der Waals surface area contributed by atoms with Crippen LogP contribution in [0.25, 0.3) is 0 Å². The van der Waals surface area contributed by atoms with Gasteiger partial charge in [-0.1, -0.05) is 296 Å². The van der Waals surface area contributed by atoms with Crippen molar-refractivity contribution in [2.45, 2.75) is 309 Å². The van der Waals surface area contributed by atoms with E-state index in [2.05, 4.69) is 142 Å². The van der Waals surface area contributed by atoms with Crippen molar-refractivity contribution in [3.05, 3.63) is 122 Å². The first kappa shape index (κ1) is 74.8. The fourth-order valence-electron chi connectivity index (χ4n) is 9.03. The van der Waals surface area contributed by atoms with E-state index in [0.717, 1.165) is 103 Å². The van der Waals surface area contributed by atoms with Crippen molar-refractivity contribution in [1.29, 1.82) is 0 Å². The molecule has 0 spiro atoms. The predicted molar refractivity (Wildman–Crippen MR) is 343 cm³/mol. The van der Waals surface area contributed by atoms with E-state index in [0.29, 0.717) is 19.3 Å². The van der Waals surface area contributed by atoms with E-state index < -0.39 is 6.10 Å². The number of ether oxygens (including phenoxy) is 3. The van der Waals surface area contributed by atoms with Crippen LogP contribution in [0.3, 0.4) is 0 Å². The first-order valence-electron chi connectivity index (χ1n) is 33.0. The third-order valence-corrected chi connectivity index (χ3v) is 14.0. The van der Waals surface area contributed by atoms with Gasteiger partial charge in [0.2, 0.25) is 0 Å². The molecule has 0 fully saturated rings. The molecule has 6 nitrogen and oxygen atoms in total. The maximum Gasteiger partial charge on any atom is 0.306 e. The van der Waals surface area contributed by atoms with Gasteiger partial charge in [-0.2, -0.15) is 0 Å². The first-order valence-corrected chi connectivity index (χ1v) is 33.0. The Hall–Kier alpha value is -4.19. The summed E-state index contributed by atoms with van der Waals surface area (Å²) in [5.74, 6) is -0.956. The maximum absolute atomic E-state index is 12.9. The molecule has 0 saturated heterocycles. The van der Waals surface area contributed by atoms with Crippen LogP contribution >= 0.6 is 0 Å². The number of esters is 3. The van der Waals surface area contributed by atoms with E-state index >= 15 is 0 Å². The van der Waals surface area contributed by atoms with Gasteiger partial charge in [0.25, 0.3) is 0 Å². The molecule has 0 aromatic rings. The number of unbranched alkanes of at least 4 members (excludes halogenated alkanes) is 28. The molecule has 0 rings (SSSR count). The molecule has 0 aromatic heterocycles. The van der Waals surface area contributed by atoms with Gasteiger partial charge >= 0.3 is 17.9 Å². The number of allylic oxidation sites excluding steroid dienone is 20. The van der Waals surface area contributed by atoms with E-state index in [4.69, 9.17) is 14.2 Å². The van der Waals surface area contributed by atoms with Crippen molar-refractivity contribution in [3.8, 4) is 0 Å². The van der Waals surface area contributed by atoms with Gasteiger partial charge in [-0.25, -0.2) is 0 Å². The Morgan fingerprint density at radius 3 is 0.835 bits per heavy atom. The fraction of sp³-hybridized carbons (Fsp3) is 0.685. The third kappa shape index (κ3) is 64.5. The Bertz CT molecular complexity index is 1640. The zero-order valence-electron chi connectivity index (χ0n) is 51.6. The summed E-state index contributed by atoms with van der Waals surface area (Å²) in [5.41, 5.74) is 0. The molecule has 0 saturated carbocycles. The second kappa shape index (κ2) is 66.3. The molecular formula is C73H122O6. The van der Waals surface area contributed by atoms with Crippen molar-refractivity contribution in [2.24, 2.45) is 0 Å². The standard InChI is InChI=1S/C73H122O6/c1-4-7-10-13-16-19-21-23-25-27-29-31-33-34-35-36-37-38-40-41-43-45-47-49-51-54-57-60-63-66-72(75)78-69-70(68-77-71(74)65-62-59-56-53-18-15-12-9-6-3)79-73(76)67-64-61-58-55-52-50-48-46-44-42-39-32-30-28-26-24-22-20-17-14-11-8-5-2/h7,10,16,19,23,25,28-31,34-35,37-38,41,43,47,49,54,57,70H,4-6,8-9,11-15,17-18,20-22,24,26-27,32-33,36,39-40,42,44-46,48,50-53,55-56,58-69H2,1-3H3/b10-7-,19-16-,25-23-,30-28-,31-29-,35-34-,38-37-,43-41-,49-47-,57-54-. The van der Waals surface area contributed by atoms with Crippen LogP contribution in [-0.2, 0) is 28.6 Å². The van der Waals surface area contributed by atoms with E-state index in [1.54, 1.807) is 0 Å². The van der Waals surface area contributed by atoms with Crippen LogP contribution in [0, 0.1) is 0 Å². The van der Waals surface area contributed by atoms with Crippen LogP contribution < -0.4 is 0 Å². The van der Waals surface area contributed by atoms with Gasteiger partial charge in [0.15, 0.2) is 6.10 Å². The molecule has 0 aromatic carbocycles. The molecule has 0 amide bonds. The Morgan fingerprint density at radius 2 is 0.506 bits per heavy atom. The van der Waals surface area contributed by atoms with Gasteiger partial charge in [-0.3, -0.25) is 14.4 Å². The first-order chi connectivity index (χ1) is 39.0. The largest absolute Gasteiger partial charge is 0.462 e. The molecule has 79 heavy (non-hydrogen) atoms. The van der Waals surface area contributed by atoms with Gasteiger partial charge in [0.05, 0.1) is 0 Å². The van der Waals surface area contributed by atoms with Crippen LogP contribution in [-0.4, -0.2) is 37.2 Å². The second-order valence-electron chi connectivity index (χ2n) is 21.6. The number of carbonyl (C=O) groups is 3. The minimum Gasteiger partial charge on any atom is -0.462 e. The number of rotatable bonds is 59. The summed E-state index contributed by atoms with van der Waals surface area (Å²) >= 11 is 0. The zero-order chi connectivity index (χ0) is 57.1. The Balaban J connectivity index is 4.32. The normalized spacial score (nSPS) is 12.9. The molecule has 1 atom stereocenters. The molecule has 0 aliphatic carbocycles. The lowest BCUT2D eigenvalue weighted by Gasteiger charge is -2.18. The number of hydrogen-bond acceptors (Lipinski definition) is 6. The van der Waals surface area contributed by atoms with Gasteiger partial charge in [-0.05, 0) is 109 Å². The van der Waals surface area contributed by atoms with Crippen LogP contribution in [0.2, 0.25) is 0 Å². The summed E-state index contributed by atoms with van der Waals surface area (Å²) in [6.45, 7) is 6.48. The van der Waals surface area contributed by atoms with E-state index in [9.17, 15) is 14.4 Å². The molecule has 0 aliphatic rings. The maximum atomic E-state index is 12.9. The highest BCUT2D eigenvalue weighted by atomic mass is 16.6. The molecule has 450 valence electrons. The lowest BCUT2D eigenvalue weighted by Crippen LogP contribution is -2.30. The molecule has 0 N–H and O–H groups in total. The lowest BCUT2D eigenvalue weighted by atomic mass is 10.0. The summed E-state index contributed by atoms with van der Waals surface area (Å²) in [7, 11) is 0. The van der Waals surface area contributed by atoms with Crippen LogP contribution in [0.15, 0.2) is 122 Å². The van der Waals surface area contributed by atoms with Gasteiger partial charge < -0.3 is 14.2 Å². The Labute approximate surface area is 488 Å². The quantitative estimate of drug-likeness (QED) is 0.0261. The van der Waals surface area contributed by atoms with E-state index in [1.807, 2.05) is 0 Å². The van der Waals surface area contributed by atoms with Crippen molar-refractivity contribution in [1.82, 2.24) is 0 Å². The van der Waals surface area contributed by atoms with Crippen molar-refractivity contribution < 1.29 is 28.6 Å². The fourth-order valence-corrected chi connectivity index (χ4v) is 9.03. The van der Waals surface area contributed by atoms with Crippen molar-refractivity contribution >= 4 is 17.9 Å². The molecule has 1 unspecified atom stereocenters. The average molecular weight is 1100 g/mol. The van der Waals surface area contributed by atoms with Crippen LogP contribution in [0.4, 0.5) is 0 Å². The summed E-state index contributed by atoms with van der Waals surface area (Å²) in [6, 6.07) is 0. The Morgan fingerprint density at radius 1 is 0.266 bits per heavy atom. The Kier molecular flexibility index (Phi) is 62.8.